The third kappa shape index (κ3) is 1.92. The van der Waals surface area contributed by atoms with Gasteiger partial charge < -0.3 is 5.11 Å². The van der Waals surface area contributed by atoms with Gasteiger partial charge in [0.15, 0.2) is 0 Å². The fourth-order valence-electron chi connectivity index (χ4n) is 2.87. The number of aliphatic hydroxyl groups is 1. The molecule has 0 unspecified atom stereocenters. The molecule has 0 bridgehead atoms. The minimum atomic E-state index is -3.08. The van der Waals surface area contributed by atoms with Crippen LogP contribution in [0.2, 0.25) is 0 Å². The van der Waals surface area contributed by atoms with Crippen molar-refractivity contribution < 1.29 is 13.5 Å². The number of hydrogen-bond acceptors (Lipinski definition) is 3. The zero-order valence-corrected chi connectivity index (χ0v) is 9.80. The Balaban J connectivity index is 2.25. The molecule has 0 radical (unpaired) electrons. The van der Waals surface area contributed by atoms with Gasteiger partial charge in [0.25, 0.3) is 0 Å². The van der Waals surface area contributed by atoms with Crippen LogP contribution in [0, 0.1) is 0 Å². The van der Waals surface area contributed by atoms with E-state index in [1.807, 2.05) is 0 Å². The summed E-state index contributed by atoms with van der Waals surface area (Å²) in [5.41, 5.74) is -0.465. The predicted octanol–water partition coefficient (Wildman–Crippen LogP) is 0.717. The lowest BCUT2D eigenvalue weighted by Gasteiger charge is -2.42. The summed E-state index contributed by atoms with van der Waals surface area (Å²) in [6.45, 7) is 0.578. The largest absolute Gasteiger partial charge is 0.394 e. The third-order valence-electron chi connectivity index (χ3n) is 3.71. The van der Waals surface area contributed by atoms with E-state index in [1.54, 1.807) is 4.31 Å². The number of nitrogens with zero attached hydrogens (tertiary/aromatic N) is 1. The van der Waals surface area contributed by atoms with Gasteiger partial charge in [-0.1, -0.05) is 19.3 Å². The highest BCUT2D eigenvalue weighted by Crippen LogP contribution is 2.37. The Morgan fingerprint density at radius 1 is 1.13 bits per heavy atom. The van der Waals surface area contributed by atoms with Gasteiger partial charge in [-0.2, -0.15) is 4.31 Å². The van der Waals surface area contributed by atoms with Crippen molar-refractivity contribution in [1.82, 2.24) is 4.31 Å². The molecule has 2 fully saturated rings. The van der Waals surface area contributed by atoms with Crippen LogP contribution in [0.4, 0.5) is 0 Å². The molecule has 1 saturated heterocycles. The molecule has 4 nitrogen and oxygen atoms in total. The Morgan fingerprint density at radius 2 is 1.80 bits per heavy atom. The van der Waals surface area contributed by atoms with Gasteiger partial charge in [-0.3, -0.25) is 0 Å². The Hall–Kier alpha value is -0.130. The molecule has 0 aromatic rings. The van der Waals surface area contributed by atoms with E-state index in [1.165, 1.54) is 0 Å². The molecular weight excluding hydrogens is 214 g/mol. The normalized spacial score (nSPS) is 30.5. The second-order valence-electron chi connectivity index (χ2n) is 4.68. The molecule has 2 aliphatic rings. The van der Waals surface area contributed by atoms with Crippen LogP contribution in [0.15, 0.2) is 0 Å². The molecular formula is C10H19NO3S. The molecule has 0 aromatic heterocycles. The fraction of sp³-hybridized carbons (Fsp3) is 1.00. The lowest BCUT2D eigenvalue weighted by Crippen LogP contribution is -2.53. The molecule has 1 aliphatic heterocycles. The van der Waals surface area contributed by atoms with E-state index in [2.05, 4.69) is 0 Å². The molecule has 0 spiro atoms. The summed E-state index contributed by atoms with van der Waals surface area (Å²) < 4.78 is 25.3. The highest BCUT2D eigenvalue weighted by Gasteiger charge is 2.45. The van der Waals surface area contributed by atoms with Crippen LogP contribution in [-0.2, 0) is 10.0 Å². The molecule has 0 aromatic carbocycles. The molecule has 1 saturated carbocycles. The maximum absolute atomic E-state index is 11.8. The monoisotopic (exact) mass is 233 g/mol. The second-order valence-corrected chi connectivity index (χ2v) is 6.70. The van der Waals surface area contributed by atoms with Crippen molar-refractivity contribution in [3.63, 3.8) is 0 Å². The number of sulfonamides is 1. The van der Waals surface area contributed by atoms with Crippen LogP contribution in [0.3, 0.4) is 0 Å². The summed E-state index contributed by atoms with van der Waals surface area (Å²) in [6, 6.07) is 0. The van der Waals surface area contributed by atoms with E-state index in [9.17, 15) is 13.5 Å². The van der Waals surface area contributed by atoms with E-state index >= 15 is 0 Å². The lowest BCUT2D eigenvalue weighted by molar-refractivity contribution is 0.0612. The van der Waals surface area contributed by atoms with Gasteiger partial charge >= 0.3 is 0 Å². The first-order valence-corrected chi connectivity index (χ1v) is 7.33. The van der Waals surface area contributed by atoms with Crippen LogP contribution in [0.1, 0.15) is 38.5 Å². The summed E-state index contributed by atoms with van der Waals surface area (Å²) in [4.78, 5) is 0. The average Bonchev–Trinajstić information content (AvgIpc) is 2.60. The molecule has 0 atom stereocenters. The zero-order valence-electron chi connectivity index (χ0n) is 8.98. The maximum atomic E-state index is 11.8. The topological polar surface area (TPSA) is 57.6 Å². The first kappa shape index (κ1) is 11.4. The van der Waals surface area contributed by atoms with Crippen LogP contribution in [0.5, 0.6) is 0 Å². The van der Waals surface area contributed by atoms with Crippen molar-refractivity contribution >= 4 is 10.0 Å². The Morgan fingerprint density at radius 3 is 2.27 bits per heavy atom. The maximum Gasteiger partial charge on any atom is 0.214 e. The van der Waals surface area contributed by atoms with E-state index in [-0.39, 0.29) is 12.4 Å². The highest BCUT2D eigenvalue weighted by atomic mass is 32.2. The second kappa shape index (κ2) is 4.03. The van der Waals surface area contributed by atoms with Crippen LogP contribution in [-0.4, -0.2) is 42.3 Å². The minimum absolute atomic E-state index is 0.0216. The van der Waals surface area contributed by atoms with Gasteiger partial charge in [-0.25, -0.2) is 8.42 Å². The molecule has 88 valence electrons. The average molecular weight is 233 g/mol. The molecule has 1 aliphatic carbocycles. The minimum Gasteiger partial charge on any atom is -0.394 e. The number of aliphatic hydroxyl groups excluding tert-OH is 1. The number of hydrogen-bond donors (Lipinski definition) is 1. The van der Waals surface area contributed by atoms with Gasteiger partial charge in [0.1, 0.15) is 0 Å². The lowest BCUT2D eigenvalue weighted by atomic mass is 9.82. The van der Waals surface area contributed by atoms with E-state index < -0.39 is 15.6 Å². The fourth-order valence-corrected chi connectivity index (χ4v) is 4.82. The van der Waals surface area contributed by atoms with E-state index in [0.717, 1.165) is 32.1 Å². The third-order valence-corrected chi connectivity index (χ3v) is 5.75. The molecule has 1 N–H and O–H groups in total. The van der Waals surface area contributed by atoms with Crippen LogP contribution >= 0.6 is 0 Å². The van der Waals surface area contributed by atoms with Crippen molar-refractivity contribution in [1.29, 1.82) is 0 Å². The first-order chi connectivity index (χ1) is 7.11. The van der Waals surface area contributed by atoms with E-state index in [0.29, 0.717) is 13.0 Å². The van der Waals surface area contributed by atoms with Crippen LogP contribution < -0.4 is 0 Å². The molecule has 2 rings (SSSR count). The quantitative estimate of drug-likeness (QED) is 0.764. The number of rotatable bonds is 2. The predicted molar refractivity (Wildman–Crippen MR) is 58.0 cm³/mol. The standard InChI is InChI=1S/C10H19NO3S/c12-9-10(5-2-1-3-6-10)11-7-4-8-15(11,13)14/h12H,1-9H2. The van der Waals surface area contributed by atoms with Crippen molar-refractivity contribution in [2.45, 2.75) is 44.1 Å². The van der Waals surface area contributed by atoms with Gasteiger partial charge in [-0.05, 0) is 19.3 Å². The van der Waals surface area contributed by atoms with Crippen LogP contribution in [0.25, 0.3) is 0 Å². The molecule has 1 heterocycles. The highest BCUT2D eigenvalue weighted by molar-refractivity contribution is 7.89. The summed E-state index contributed by atoms with van der Waals surface area (Å²) in [7, 11) is -3.08. The Kier molecular flexibility index (Phi) is 3.05. The van der Waals surface area contributed by atoms with Crippen molar-refractivity contribution in [3.05, 3.63) is 0 Å². The summed E-state index contributed by atoms with van der Waals surface area (Å²) >= 11 is 0. The summed E-state index contributed by atoms with van der Waals surface area (Å²) in [5.74, 6) is 0.259. The van der Waals surface area contributed by atoms with Gasteiger partial charge in [-0.15, -0.1) is 0 Å². The molecule has 0 amide bonds. The summed E-state index contributed by atoms with van der Waals surface area (Å²) in [6.07, 6.45) is 5.59. The SMILES string of the molecule is O=S1(=O)CCCN1C1(CO)CCCCC1. The van der Waals surface area contributed by atoms with Crippen molar-refractivity contribution in [2.24, 2.45) is 0 Å². The van der Waals surface area contributed by atoms with Gasteiger partial charge in [0.05, 0.1) is 17.9 Å². The molecule has 15 heavy (non-hydrogen) atoms. The van der Waals surface area contributed by atoms with E-state index in [4.69, 9.17) is 0 Å². The van der Waals surface area contributed by atoms with Crippen molar-refractivity contribution in [3.8, 4) is 0 Å². The smallest absolute Gasteiger partial charge is 0.214 e. The summed E-state index contributed by atoms with van der Waals surface area (Å²) in [5, 5.41) is 9.53. The van der Waals surface area contributed by atoms with Gasteiger partial charge in [0, 0.05) is 6.54 Å². The Labute approximate surface area is 91.3 Å². The van der Waals surface area contributed by atoms with Gasteiger partial charge in [0.2, 0.25) is 10.0 Å². The first-order valence-electron chi connectivity index (χ1n) is 5.72. The molecule has 5 heteroatoms. The Bertz CT molecular complexity index is 320. The van der Waals surface area contributed by atoms with Crippen molar-refractivity contribution in [2.75, 3.05) is 18.9 Å². The zero-order chi connectivity index (χ0) is 10.9.